The maximum Gasteiger partial charge on any atom is 0.244 e. The summed E-state index contributed by atoms with van der Waals surface area (Å²) < 4.78 is 5.69. The number of carbonyl (C=O) groups is 2. The average molecular weight is 356 g/mol. The number of fused-ring (bicyclic) bond motifs is 4. The molecule has 2 amide bonds. The Labute approximate surface area is 155 Å². The highest BCUT2D eigenvalue weighted by atomic mass is 16.3. The number of nitrogens with zero attached hydrogens (tertiary/aromatic N) is 1. The molecule has 0 bridgehead atoms. The average Bonchev–Trinajstić information content (AvgIpc) is 3.10. The molecule has 5 rings (SSSR count). The summed E-state index contributed by atoms with van der Waals surface area (Å²) in [7, 11) is 0. The van der Waals surface area contributed by atoms with Crippen LogP contribution in [-0.4, -0.2) is 18.4 Å². The van der Waals surface area contributed by atoms with Gasteiger partial charge in [-0.2, -0.15) is 0 Å². The van der Waals surface area contributed by atoms with Gasteiger partial charge in [0.2, 0.25) is 11.8 Å². The number of amides is 2. The van der Waals surface area contributed by atoms with E-state index < -0.39 is 0 Å². The Balaban J connectivity index is 1.55. The summed E-state index contributed by atoms with van der Waals surface area (Å²) in [5.74, 6) is -0.322. The van der Waals surface area contributed by atoms with Crippen LogP contribution < -0.4 is 10.2 Å². The van der Waals surface area contributed by atoms with E-state index in [4.69, 9.17) is 4.42 Å². The zero-order valence-corrected chi connectivity index (χ0v) is 14.4. The minimum Gasteiger partial charge on any atom is -0.464 e. The summed E-state index contributed by atoms with van der Waals surface area (Å²) in [5, 5.41) is 5.92. The third-order valence-electron chi connectivity index (χ3n) is 4.95. The minimum absolute atomic E-state index is 0.0202. The first-order valence-corrected chi connectivity index (χ1v) is 8.78. The fraction of sp³-hybridized carbons (Fsp3) is 0.0909. The van der Waals surface area contributed by atoms with Crippen LogP contribution in [0.1, 0.15) is 5.56 Å². The van der Waals surface area contributed by atoms with Crippen molar-refractivity contribution >= 4 is 44.9 Å². The van der Waals surface area contributed by atoms with Gasteiger partial charge in [0.1, 0.15) is 12.1 Å². The van der Waals surface area contributed by atoms with E-state index in [0.717, 1.165) is 33.0 Å². The van der Waals surface area contributed by atoms with Crippen molar-refractivity contribution in [2.75, 3.05) is 16.8 Å². The molecule has 0 saturated carbocycles. The van der Waals surface area contributed by atoms with E-state index in [2.05, 4.69) is 5.32 Å². The first-order valence-electron chi connectivity index (χ1n) is 8.78. The van der Waals surface area contributed by atoms with Gasteiger partial charge in [-0.05, 0) is 29.0 Å². The van der Waals surface area contributed by atoms with Gasteiger partial charge in [0, 0.05) is 10.9 Å². The highest BCUT2D eigenvalue weighted by Gasteiger charge is 2.27. The van der Waals surface area contributed by atoms with E-state index in [9.17, 15) is 9.59 Å². The van der Waals surface area contributed by atoms with Crippen molar-refractivity contribution in [2.24, 2.45) is 0 Å². The van der Waals surface area contributed by atoms with Crippen LogP contribution in [0.2, 0.25) is 0 Å². The van der Waals surface area contributed by atoms with E-state index in [0.29, 0.717) is 5.69 Å². The van der Waals surface area contributed by atoms with Crippen molar-refractivity contribution < 1.29 is 14.0 Å². The van der Waals surface area contributed by atoms with Gasteiger partial charge in [-0.1, -0.05) is 42.5 Å². The lowest BCUT2D eigenvalue weighted by atomic mass is 10.0. The molecule has 2 heterocycles. The maximum atomic E-state index is 13.1. The van der Waals surface area contributed by atoms with E-state index in [1.54, 1.807) is 12.3 Å². The summed E-state index contributed by atoms with van der Waals surface area (Å²) in [6.45, 7) is 0.0202. The molecule has 1 aliphatic rings. The first kappa shape index (κ1) is 15.6. The summed E-state index contributed by atoms with van der Waals surface area (Å²) in [6.07, 6.45) is 1.81. The van der Waals surface area contributed by atoms with Crippen LogP contribution in [0, 0.1) is 0 Å². The summed E-state index contributed by atoms with van der Waals surface area (Å²) in [4.78, 5) is 26.6. The number of para-hydroxylation sites is 2. The number of hydrogen-bond acceptors (Lipinski definition) is 3. The van der Waals surface area contributed by atoms with Crippen LogP contribution in [0.5, 0.6) is 0 Å². The standard InChI is InChI=1S/C22H16N2O3/c25-20-12-24(18-8-4-3-7-17(18)23-20)21(26)11-15-13-27-19-10-9-14-5-1-2-6-16(14)22(15)19/h1-10,13H,11-12H2,(H,23,25). The molecule has 0 atom stereocenters. The lowest BCUT2D eigenvalue weighted by Gasteiger charge is -2.29. The fourth-order valence-corrected chi connectivity index (χ4v) is 3.72. The molecule has 0 fully saturated rings. The topological polar surface area (TPSA) is 62.6 Å². The Morgan fingerprint density at radius 2 is 1.85 bits per heavy atom. The number of nitrogens with one attached hydrogen (secondary N) is 1. The second kappa shape index (κ2) is 5.99. The Morgan fingerprint density at radius 3 is 2.78 bits per heavy atom. The molecule has 0 unspecified atom stereocenters. The van der Waals surface area contributed by atoms with Gasteiger partial charge in [0.25, 0.3) is 0 Å². The number of anilines is 2. The molecule has 5 heteroatoms. The second-order valence-corrected chi connectivity index (χ2v) is 6.64. The van der Waals surface area contributed by atoms with Gasteiger partial charge >= 0.3 is 0 Å². The van der Waals surface area contributed by atoms with E-state index >= 15 is 0 Å². The Hall–Kier alpha value is -3.60. The highest BCUT2D eigenvalue weighted by molar-refractivity contribution is 6.12. The largest absolute Gasteiger partial charge is 0.464 e. The predicted octanol–water partition coefficient (Wildman–Crippen LogP) is 4.11. The molecular formula is C22H16N2O3. The van der Waals surface area contributed by atoms with E-state index in [1.807, 2.05) is 54.6 Å². The summed E-state index contributed by atoms with van der Waals surface area (Å²) in [6, 6.07) is 19.3. The third kappa shape index (κ3) is 2.56. The fourth-order valence-electron chi connectivity index (χ4n) is 3.72. The molecule has 0 saturated heterocycles. The molecule has 1 N–H and O–H groups in total. The van der Waals surface area contributed by atoms with Crippen molar-refractivity contribution in [1.29, 1.82) is 0 Å². The van der Waals surface area contributed by atoms with Crippen molar-refractivity contribution in [3.05, 3.63) is 72.5 Å². The molecule has 4 aromatic rings. The third-order valence-corrected chi connectivity index (χ3v) is 4.95. The molecule has 5 nitrogen and oxygen atoms in total. The maximum absolute atomic E-state index is 13.1. The van der Waals surface area contributed by atoms with E-state index in [1.165, 1.54) is 4.90 Å². The van der Waals surface area contributed by atoms with Gasteiger partial charge < -0.3 is 14.6 Å². The minimum atomic E-state index is -0.190. The van der Waals surface area contributed by atoms with Gasteiger partial charge in [0.15, 0.2) is 0 Å². The number of furan rings is 1. The SMILES string of the molecule is O=C1CN(C(=O)Cc2coc3ccc4ccccc4c23)c2ccccc2N1. The molecule has 132 valence electrons. The van der Waals surface area contributed by atoms with Crippen LogP contribution in [0.15, 0.2) is 71.3 Å². The van der Waals surface area contributed by atoms with Gasteiger partial charge in [-0.3, -0.25) is 9.59 Å². The Bertz CT molecular complexity index is 1210. The van der Waals surface area contributed by atoms with Gasteiger partial charge in [0.05, 0.1) is 24.1 Å². The van der Waals surface area contributed by atoms with Gasteiger partial charge in [-0.15, -0.1) is 0 Å². The summed E-state index contributed by atoms with van der Waals surface area (Å²) >= 11 is 0. The first-order chi connectivity index (χ1) is 13.2. The lowest BCUT2D eigenvalue weighted by Crippen LogP contribution is -2.42. The van der Waals surface area contributed by atoms with Crippen LogP contribution >= 0.6 is 0 Å². The number of hydrogen-bond donors (Lipinski definition) is 1. The molecule has 0 spiro atoms. The van der Waals surface area contributed by atoms with Crippen LogP contribution in [0.25, 0.3) is 21.7 Å². The van der Waals surface area contributed by atoms with Crippen molar-refractivity contribution in [3.63, 3.8) is 0 Å². The molecule has 0 aliphatic carbocycles. The van der Waals surface area contributed by atoms with E-state index in [-0.39, 0.29) is 24.8 Å². The Morgan fingerprint density at radius 1 is 1.04 bits per heavy atom. The molecular weight excluding hydrogens is 340 g/mol. The van der Waals surface area contributed by atoms with Crippen LogP contribution in [-0.2, 0) is 16.0 Å². The highest BCUT2D eigenvalue weighted by Crippen LogP contribution is 2.32. The normalized spacial score (nSPS) is 13.6. The number of benzene rings is 3. The smallest absolute Gasteiger partial charge is 0.244 e. The number of carbonyl (C=O) groups excluding carboxylic acids is 2. The number of rotatable bonds is 2. The quantitative estimate of drug-likeness (QED) is 0.588. The summed E-state index contributed by atoms with van der Waals surface area (Å²) in [5.41, 5.74) is 2.97. The van der Waals surface area contributed by atoms with Crippen LogP contribution in [0.4, 0.5) is 11.4 Å². The zero-order chi connectivity index (χ0) is 18.4. The zero-order valence-electron chi connectivity index (χ0n) is 14.4. The molecule has 1 aromatic heterocycles. The van der Waals surface area contributed by atoms with Crippen molar-refractivity contribution in [2.45, 2.75) is 6.42 Å². The monoisotopic (exact) mass is 356 g/mol. The Kier molecular flexibility index (Phi) is 3.47. The predicted molar refractivity (Wildman–Crippen MR) is 105 cm³/mol. The molecule has 3 aromatic carbocycles. The van der Waals surface area contributed by atoms with Crippen molar-refractivity contribution in [1.82, 2.24) is 0 Å². The molecule has 1 aliphatic heterocycles. The lowest BCUT2D eigenvalue weighted by molar-refractivity contribution is -0.121. The molecule has 0 radical (unpaired) electrons. The van der Waals surface area contributed by atoms with Crippen molar-refractivity contribution in [3.8, 4) is 0 Å². The second-order valence-electron chi connectivity index (χ2n) is 6.64. The van der Waals surface area contributed by atoms with Gasteiger partial charge in [-0.25, -0.2) is 0 Å². The molecule has 27 heavy (non-hydrogen) atoms. The van der Waals surface area contributed by atoms with Crippen LogP contribution in [0.3, 0.4) is 0 Å².